The van der Waals surface area contributed by atoms with E-state index in [0.717, 1.165) is 89.3 Å². The first kappa shape index (κ1) is 55.8. The van der Waals surface area contributed by atoms with Gasteiger partial charge in [0.25, 0.3) is 11.8 Å². The minimum absolute atomic E-state index is 0.0361. The number of carbonyl (C=O) groups excluding carboxylic acids is 5. The van der Waals surface area contributed by atoms with E-state index in [0.29, 0.717) is 49.7 Å². The maximum Gasteiger partial charge on any atom is 0.324 e. The molecule has 8 bridgehead atoms. The summed E-state index contributed by atoms with van der Waals surface area (Å²) in [6.07, 6.45) is 7.80. The Morgan fingerprint density at radius 3 is 2.36 bits per heavy atom. The molecular formula is C62H82FN9O8. The first-order chi connectivity index (χ1) is 38.2. The lowest BCUT2D eigenvalue weighted by Gasteiger charge is -2.38. The molecule has 2 aromatic heterocycles. The van der Waals surface area contributed by atoms with Crippen LogP contribution in [0.4, 0.5) is 10.1 Å². The second kappa shape index (κ2) is 22.0. The van der Waals surface area contributed by atoms with E-state index in [4.69, 9.17) is 19.2 Å². The number of rotatable bonds is 9. The van der Waals surface area contributed by atoms with Gasteiger partial charge < -0.3 is 38.8 Å². The number of hydrazine groups is 1. The fourth-order valence-electron chi connectivity index (χ4n) is 13.6. The van der Waals surface area contributed by atoms with Gasteiger partial charge in [-0.15, -0.1) is 0 Å². The molecule has 2 aliphatic carbocycles. The number of amides is 4. The molecule has 7 atom stereocenters. The highest BCUT2D eigenvalue weighted by Crippen LogP contribution is 2.45. The molecule has 17 nitrogen and oxygen atoms in total. The van der Waals surface area contributed by atoms with Crippen LogP contribution in [0.1, 0.15) is 116 Å². The Bertz CT molecular complexity index is 3050. The number of nitrogens with one attached hydrogen (secondary N) is 2. The predicted molar refractivity (Wildman–Crippen MR) is 303 cm³/mol. The summed E-state index contributed by atoms with van der Waals surface area (Å²) >= 11 is 0. The van der Waals surface area contributed by atoms with E-state index < -0.39 is 64.9 Å². The normalized spacial score (nSPS) is 26.1. The first-order valence-electron chi connectivity index (χ1n) is 29.5. The summed E-state index contributed by atoms with van der Waals surface area (Å²) in [4.78, 5) is 86.6. The average Bonchev–Trinajstić information content (AvgIpc) is 4.53. The van der Waals surface area contributed by atoms with Crippen molar-refractivity contribution < 1.29 is 42.6 Å². The number of benzene rings is 2. The van der Waals surface area contributed by atoms with Crippen LogP contribution < -0.4 is 20.4 Å². The second-order valence-electron chi connectivity index (χ2n) is 25.3. The molecule has 4 amide bonds. The molecule has 7 heterocycles. The van der Waals surface area contributed by atoms with Crippen LogP contribution >= 0.6 is 0 Å². The Hall–Kier alpha value is -6.11. The van der Waals surface area contributed by atoms with Gasteiger partial charge in [-0.25, -0.2) is 9.82 Å². The zero-order valence-electron chi connectivity index (χ0n) is 48.3. The molecule has 2 N–H and O–H groups in total. The number of nitrogens with zero attached hydrogens (tertiary/aromatic N) is 7. The topological polar surface area (TPSA) is 171 Å². The van der Waals surface area contributed by atoms with Crippen LogP contribution in [-0.2, 0) is 52.8 Å². The Morgan fingerprint density at radius 1 is 0.900 bits per heavy atom. The van der Waals surface area contributed by atoms with Gasteiger partial charge in [-0.1, -0.05) is 32.9 Å². The highest BCUT2D eigenvalue weighted by atomic mass is 19.1. The molecule has 0 radical (unpaired) electrons. The third-order valence-electron chi connectivity index (χ3n) is 18.4. The number of esters is 1. The number of piperazine rings is 1. The first-order valence-corrected chi connectivity index (χ1v) is 29.5. The van der Waals surface area contributed by atoms with E-state index in [2.05, 4.69) is 70.1 Å². The number of pyridine rings is 1. The maximum atomic E-state index is 15.7. The highest BCUT2D eigenvalue weighted by Gasteiger charge is 2.50. The van der Waals surface area contributed by atoms with E-state index in [1.54, 1.807) is 14.2 Å². The highest BCUT2D eigenvalue weighted by molar-refractivity contribution is 5.97. The number of ether oxygens (including phenoxy) is 3. The largest absolute Gasteiger partial charge is 0.491 e. The lowest BCUT2D eigenvalue weighted by atomic mass is 9.84. The molecule has 11 rings (SSSR count). The fourth-order valence-corrected chi connectivity index (χ4v) is 13.6. The lowest BCUT2D eigenvalue weighted by Crippen LogP contribution is -2.62. The van der Waals surface area contributed by atoms with Gasteiger partial charge in [0.15, 0.2) is 5.67 Å². The van der Waals surface area contributed by atoms with Crippen LogP contribution in [0.25, 0.3) is 33.3 Å². The van der Waals surface area contributed by atoms with Crippen LogP contribution in [0, 0.1) is 23.2 Å². The van der Waals surface area contributed by atoms with E-state index in [-0.39, 0.29) is 56.4 Å². The van der Waals surface area contributed by atoms with Crippen molar-refractivity contribution in [3.05, 3.63) is 65.5 Å². The number of methoxy groups -OCH3 is 1. The van der Waals surface area contributed by atoms with Crippen molar-refractivity contribution in [1.82, 2.24) is 40.0 Å². The summed E-state index contributed by atoms with van der Waals surface area (Å²) in [5.74, 6) is -2.89. The number of hydrogen-bond donors (Lipinski definition) is 2. The Kier molecular flexibility index (Phi) is 15.3. The van der Waals surface area contributed by atoms with Crippen LogP contribution in [-0.4, -0.2) is 161 Å². The van der Waals surface area contributed by atoms with Gasteiger partial charge in [0, 0.05) is 94.3 Å². The van der Waals surface area contributed by atoms with Crippen molar-refractivity contribution in [3.63, 3.8) is 0 Å². The summed E-state index contributed by atoms with van der Waals surface area (Å²) in [5.41, 5.74) is 8.72. The van der Waals surface area contributed by atoms with Crippen LogP contribution in [0.5, 0.6) is 5.75 Å². The molecular weight excluding hydrogens is 1020 g/mol. The number of aromatic nitrogens is 2. The van der Waals surface area contributed by atoms with Gasteiger partial charge in [0.05, 0.1) is 47.9 Å². The fraction of sp³-hybridized carbons (Fsp3) is 0.613. The molecule has 0 unspecified atom stereocenters. The van der Waals surface area contributed by atoms with Crippen LogP contribution in [0.2, 0.25) is 0 Å². The van der Waals surface area contributed by atoms with E-state index in [1.165, 1.54) is 41.5 Å². The number of halogens is 1. The third kappa shape index (κ3) is 11.0. The number of likely N-dealkylation sites (N-methyl/N-ethyl adjacent to an activating group) is 1. The third-order valence-corrected chi connectivity index (χ3v) is 18.4. The lowest BCUT2D eigenvalue weighted by molar-refractivity contribution is -0.155. The number of fused-ring (bicyclic) bond motifs is 8. The van der Waals surface area contributed by atoms with E-state index in [1.807, 2.05) is 38.2 Å². The molecule has 4 aromatic rings. The summed E-state index contributed by atoms with van der Waals surface area (Å²) in [6, 6.07) is 11.5. The van der Waals surface area contributed by atoms with E-state index in [9.17, 15) is 14.4 Å². The summed E-state index contributed by atoms with van der Waals surface area (Å²) in [7, 11) is 3.33. The quantitative estimate of drug-likeness (QED) is 0.161. The minimum Gasteiger partial charge on any atom is -0.491 e. The molecule has 5 fully saturated rings. The number of anilines is 1. The van der Waals surface area contributed by atoms with Crippen molar-refractivity contribution in [2.45, 2.75) is 155 Å². The van der Waals surface area contributed by atoms with Crippen molar-refractivity contribution in [2.24, 2.45) is 23.2 Å². The van der Waals surface area contributed by atoms with Gasteiger partial charge in [0.1, 0.15) is 30.5 Å². The molecule has 7 aliphatic rings. The van der Waals surface area contributed by atoms with Crippen LogP contribution in [0.3, 0.4) is 0 Å². The van der Waals surface area contributed by atoms with Gasteiger partial charge in [-0.2, -0.15) is 0 Å². The minimum atomic E-state index is -2.21. The van der Waals surface area contributed by atoms with Gasteiger partial charge in [-0.3, -0.25) is 38.9 Å². The number of alkyl halides is 1. The molecule has 2 saturated carbocycles. The molecule has 80 heavy (non-hydrogen) atoms. The van der Waals surface area contributed by atoms with Gasteiger partial charge >= 0.3 is 5.97 Å². The molecule has 430 valence electrons. The zero-order valence-corrected chi connectivity index (χ0v) is 48.3. The molecule has 0 spiro atoms. The summed E-state index contributed by atoms with van der Waals surface area (Å²) in [5, 5.41) is 5.61. The maximum absolute atomic E-state index is 15.7. The summed E-state index contributed by atoms with van der Waals surface area (Å²) < 4.78 is 37.2. The molecule has 18 heteroatoms. The van der Waals surface area contributed by atoms with Crippen molar-refractivity contribution >= 4 is 46.2 Å². The smallest absolute Gasteiger partial charge is 0.324 e. The average molecular weight is 1100 g/mol. The number of cyclic esters (lactones) is 1. The number of carbonyl (C=O) groups is 5. The number of aryl methyl sites for hydroxylation is 1. The standard InChI is InChI=1S/C62H82FN9O8/c1-10-70-51-18-15-40-30-46(51)48(55(70)47-31-43(33-64-53(47)37(3)78-9)69-24-22-68(23-25-69)42-16-17-42)32-61(4,5)35-80-59(76)49-12-11-20-72(66-49)58(75)50-28-38-26-41(40)29-44(27-38)79-34-52-45(19-21-71(52)60(77)62(6,7)63)57(74)67(8)54(56(73)65-50)36(2)39-13-14-39/h15,18,26-27,29-31,33,36-37,39,42,45,49-50,52,54,66H,10-14,16-17,19-25,28,32,34-35H2,1-9H3,(H,65,73)/t36-,37+,45+,49+,50+,52-,54+/m1/s1. The Morgan fingerprint density at radius 2 is 1.66 bits per heavy atom. The second-order valence-corrected chi connectivity index (χ2v) is 25.3. The van der Waals surface area contributed by atoms with E-state index >= 15 is 14.0 Å². The monoisotopic (exact) mass is 1100 g/mol. The molecule has 2 aromatic carbocycles. The Balaban J connectivity index is 1.08. The molecule has 3 saturated heterocycles. The molecule has 5 aliphatic heterocycles. The number of likely N-dealkylation sites (tertiary alicyclic amines) is 1. The predicted octanol–water partition coefficient (Wildman–Crippen LogP) is 7.26. The Labute approximate surface area is 470 Å². The van der Waals surface area contributed by atoms with Gasteiger partial charge in [0.2, 0.25) is 11.8 Å². The SMILES string of the molecule is CCn1c(-c2cc(N3CCN(C4CC4)CC3)cnc2[C@H](C)OC)c2c3cc(ccc31)-c1cc3cc(c1)OC[C@@H]1[C@H](CCN1C(=O)C(C)(C)F)C(=O)N(C)[C@@H]([C@H](C)C1CC1)C(=O)N[C@@H](C3)C(=O)N1CCC[C@H](N1)C(=O)OCC(C)(C)C2. The van der Waals surface area contributed by atoms with Gasteiger partial charge in [-0.05, 0) is 143 Å². The van der Waals surface area contributed by atoms with Crippen molar-refractivity contribution in [1.29, 1.82) is 0 Å². The van der Waals surface area contributed by atoms with Crippen molar-refractivity contribution in [2.75, 3.05) is 71.5 Å². The summed E-state index contributed by atoms with van der Waals surface area (Å²) in [6.45, 7) is 17.8. The van der Waals surface area contributed by atoms with Crippen molar-refractivity contribution in [3.8, 4) is 28.1 Å². The van der Waals surface area contributed by atoms with Crippen LogP contribution in [0.15, 0.2) is 48.7 Å². The number of hydrogen-bond acceptors (Lipinski definition) is 12. The zero-order chi connectivity index (χ0) is 56.5.